The Morgan fingerprint density at radius 1 is 1.22 bits per heavy atom. The van der Waals surface area contributed by atoms with Crippen LogP contribution in [-0.2, 0) is 0 Å². The van der Waals surface area contributed by atoms with Crippen molar-refractivity contribution in [2.45, 2.75) is 33.6 Å². The molecule has 0 aliphatic carbocycles. The van der Waals surface area contributed by atoms with Crippen LogP contribution >= 0.6 is 0 Å². The van der Waals surface area contributed by atoms with Crippen molar-refractivity contribution in [3.63, 3.8) is 0 Å². The Hall–Kier alpha value is -2.49. The zero-order chi connectivity index (χ0) is 16.8. The molecule has 1 amide bonds. The number of nitrogen functional groups attached to an aromatic ring is 1. The standard InChI is InChI=1S/C19H24N2O2/c1-4-5-9-23-16-8-6-7-15(12-16)19(22)21-18-14(3)10-13(2)11-17(18)20/h6-8,10-12H,4-5,9,20H2,1-3H3,(H,21,22). The summed E-state index contributed by atoms with van der Waals surface area (Å²) in [7, 11) is 0. The fraction of sp³-hybridized carbons (Fsp3) is 0.316. The SMILES string of the molecule is CCCCOc1cccc(C(=O)Nc2c(C)cc(C)cc2N)c1. The second-order valence-corrected chi connectivity index (χ2v) is 5.73. The molecule has 4 nitrogen and oxygen atoms in total. The third-order valence-electron chi connectivity index (χ3n) is 3.61. The second-order valence-electron chi connectivity index (χ2n) is 5.73. The number of unbranched alkanes of at least 4 members (excludes halogenated alkanes) is 1. The number of ether oxygens (including phenoxy) is 1. The summed E-state index contributed by atoms with van der Waals surface area (Å²) in [6, 6.07) is 11.1. The lowest BCUT2D eigenvalue weighted by atomic mass is 10.1. The molecule has 3 N–H and O–H groups in total. The molecule has 2 rings (SSSR count). The Morgan fingerprint density at radius 3 is 2.70 bits per heavy atom. The Morgan fingerprint density at radius 2 is 2.00 bits per heavy atom. The van der Waals surface area contributed by atoms with Gasteiger partial charge in [0, 0.05) is 5.56 Å². The average Bonchev–Trinajstić information content (AvgIpc) is 2.51. The van der Waals surface area contributed by atoms with Crippen molar-refractivity contribution in [1.29, 1.82) is 0 Å². The van der Waals surface area contributed by atoms with E-state index < -0.39 is 0 Å². The Labute approximate surface area is 137 Å². The summed E-state index contributed by atoms with van der Waals surface area (Å²) in [5.74, 6) is 0.518. The molecule has 122 valence electrons. The molecule has 0 unspecified atom stereocenters. The first-order valence-corrected chi connectivity index (χ1v) is 7.92. The van der Waals surface area contributed by atoms with Crippen molar-refractivity contribution in [3.05, 3.63) is 53.1 Å². The molecular formula is C19H24N2O2. The van der Waals surface area contributed by atoms with Crippen molar-refractivity contribution < 1.29 is 9.53 Å². The number of hydrogen-bond donors (Lipinski definition) is 2. The van der Waals surface area contributed by atoms with Gasteiger partial charge in [-0.25, -0.2) is 0 Å². The number of carbonyl (C=O) groups is 1. The molecule has 0 saturated heterocycles. The topological polar surface area (TPSA) is 64.3 Å². The van der Waals surface area contributed by atoms with Gasteiger partial charge >= 0.3 is 0 Å². The number of carbonyl (C=O) groups excluding carboxylic acids is 1. The van der Waals surface area contributed by atoms with E-state index in [2.05, 4.69) is 12.2 Å². The van der Waals surface area contributed by atoms with Crippen LogP contribution in [0.5, 0.6) is 5.75 Å². The van der Waals surface area contributed by atoms with Crippen LogP contribution in [0.3, 0.4) is 0 Å². The molecule has 0 aliphatic heterocycles. The van der Waals surface area contributed by atoms with E-state index in [1.165, 1.54) is 0 Å². The highest BCUT2D eigenvalue weighted by Crippen LogP contribution is 2.26. The Bertz CT molecular complexity index is 673. The van der Waals surface area contributed by atoms with E-state index in [9.17, 15) is 4.79 Å². The molecule has 0 heterocycles. The summed E-state index contributed by atoms with van der Waals surface area (Å²) < 4.78 is 5.65. The summed E-state index contributed by atoms with van der Waals surface area (Å²) in [4.78, 5) is 12.5. The first-order valence-electron chi connectivity index (χ1n) is 7.92. The molecule has 2 aromatic rings. The van der Waals surface area contributed by atoms with Gasteiger partial charge in [0.1, 0.15) is 5.75 Å². The van der Waals surface area contributed by atoms with E-state index in [1.54, 1.807) is 12.1 Å². The van der Waals surface area contributed by atoms with Gasteiger partial charge in [-0.15, -0.1) is 0 Å². The maximum atomic E-state index is 12.5. The lowest BCUT2D eigenvalue weighted by Gasteiger charge is -2.13. The minimum atomic E-state index is -0.190. The normalized spacial score (nSPS) is 10.4. The van der Waals surface area contributed by atoms with Crippen LogP contribution in [0, 0.1) is 13.8 Å². The Kier molecular flexibility index (Phi) is 5.63. The van der Waals surface area contributed by atoms with Crippen LogP contribution in [0.2, 0.25) is 0 Å². The van der Waals surface area contributed by atoms with E-state index in [0.29, 0.717) is 29.3 Å². The van der Waals surface area contributed by atoms with E-state index in [-0.39, 0.29) is 5.91 Å². The number of nitrogens with one attached hydrogen (secondary N) is 1. The van der Waals surface area contributed by atoms with E-state index in [4.69, 9.17) is 10.5 Å². The van der Waals surface area contributed by atoms with Crippen molar-refractivity contribution in [1.82, 2.24) is 0 Å². The third kappa shape index (κ3) is 4.49. The second kappa shape index (κ2) is 7.68. The van der Waals surface area contributed by atoms with Crippen LogP contribution < -0.4 is 15.8 Å². The minimum absolute atomic E-state index is 0.190. The van der Waals surface area contributed by atoms with Crippen LogP contribution in [0.25, 0.3) is 0 Å². The largest absolute Gasteiger partial charge is 0.494 e. The van der Waals surface area contributed by atoms with Gasteiger partial charge in [-0.1, -0.05) is 25.5 Å². The van der Waals surface area contributed by atoms with Gasteiger partial charge in [0.2, 0.25) is 0 Å². The zero-order valence-electron chi connectivity index (χ0n) is 14.0. The zero-order valence-corrected chi connectivity index (χ0v) is 14.0. The fourth-order valence-corrected chi connectivity index (χ4v) is 2.42. The van der Waals surface area contributed by atoms with Gasteiger partial charge in [-0.2, -0.15) is 0 Å². The molecule has 0 aromatic heterocycles. The lowest BCUT2D eigenvalue weighted by Crippen LogP contribution is -2.14. The van der Waals surface area contributed by atoms with Crippen LogP contribution in [0.4, 0.5) is 11.4 Å². The first kappa shape index (κ1) is 16.9. The summed E-state index contributed by atoms with van der Waals surface area (Å²) >= 11 is 0. The number of anilines is 2. The van der Waals surface area contributed by atoms with Gasteiger partial charge in [0.05, 0.1) is 18.0 Å². The maximum absolute atomic E-state index is 12.5. The van der Waals surface area contributed by atoms with Crippen molar-refractivity contribution >= 4 is 17.3 Å². The number of hydrogen-bond acceptors (Lipinski definition) is 3. The monoisotopic (exact) mass is 312 g/mol. The van der Waals surface area contributed by atoms with Crippen molar-refractivity contribution in [3.8, 4) is 5.75 Å². The number of amides is 1. The molecule has 0 bridgehead atoms. The lowest BCUT2D eigenvalue weighted by molar-refractivity contribution is 0.102. The van der Waals surface area contributed by atoms with Crippen LogP contribution in [0.1, 0.15) is 41.3 Å². The van der Waals surface area contributed by atoms with Crippen LogP contribution in [-0.4, -0.2) is 12.5 Å². The van der Waals surface area contributed by atoms with Crippen LogP contribution in [0.15, 0.2) is 36.4 Å². The predicted molar refractivity (Wildman–Crippen MR) is 95.1 cm³/mol. The number of benzene rings is 2. The molecule has 0 saturated carbocycles. The summed E-state index contributed by atoms with van der Waals surface area (Å²) in [6.07, 6.45) is 2.07. The molecule has 4 heteroatoms. The predicted octanol–water partition coefficient (Wildman–Crippen LogP) is 4.32. The van der Waals surface area contributed by atoms with Gasteiger partial charge in [-0.3, -0.25) is 4.79 Å². The Balaban J connectivity index is 2.13. The van der Waals surface area contributed by atoms with Gasteiger partial charge in [0.25, 0.3) is 5.91 Å². The molecule has 0 fully saturated rings. The third-order valence-corrected chi connectivity index (χ3v) is 3.61. The van der Waals surface area contributed by atoms with Crippen molar-refractivity contribution in [2.75, 3.05) is 17.7 Å². The summed E-state index contributed by atoms with van der Waals surface area (Å²) in [5, 5.41) is 2.90. The fourth-order valence-electron chi connectivity index (χ4n) is 2.42. The minimum Gasteiger partial charge on any atom is -0.494 e. The van der Waals surface area contributed by atoms with Gasteiger partial charge in [-0.05, 0) is 55.7 Å². The number of nitrogens with two attached hydrogens (primary N) is 1. The van der Waals surface area contributed by atoms with E-state index in [0.717, 1.165) is 24.0 Å². The number of rotatable bonds is 6. The van der Waals surface area contributed by atoms with E-state index >= 15 is 0 Å². The highest BCUT2D eigenvalue weighted by Gasteiger charge is 2.11. The van der Waals surface area contributed by atoms with Gasteiger partial charge in [0.15, 0.2) is 0 Å². The molecule has 0 radical (unpaired) electrons. The van der Waals surface area contributed by atoms with E-state index in [1.807, 2.05) is 38.1 Å². The molecule has 2 aromatic carbocycles. The number of aryl methyl sites for hydroxylation is 2. The summed E-state index contributed by atoms with van der Waals surface area (Å²) in [6.45, 7) is 6.68. The smallest absolute Gasteiger partial charge is 0.255 e. The first-order chi connectivity index (χ1) is 11.0. The molecule has 0 spiro atoms. The quantitative estimate of drug-likeness (QED) is 0.617. The highest BCUT2D eigenvalue weighted by molar-refractivity contribution is 6.06. The highest BCUT2D eigenvalue weighted by atomic mass is 16.5. The molecule has 0 atom stereocenters. The molecule has 23 heavy (non-hydrogen) atoms. The molecule has 0 aliphatic rings. The maximum Gasteiger partial charge on any atom is 0.255 e. The summed E-state index contributed by atoms with van der Waals surface area (Å²) in [5.41, 5.74) is 9.84. The van der Waals surface area contributed by atoms with Crippen molar-refractivity contribution in [2.24, 2.45) is 0 Å². The molecular weight excluding hydrogens is 288 g/mol. The average molecular weight is 312 g/mol. The van der Waals surface area contributed by atoms with Gasteiger partial charge < -0.3 is 15.8 Å².